The van der Waals surface area contributed by atoms with E-state index >= 15 is 0 Å². The molecule has 0 saturated heterocycles. The lowest BCUT2D eigenvalue weighted by atomic mass is 10.1. The second-order valence-electron chi connectivity index (χ2n) is 3.17. The molecule has 0 radical (unpaired) electrons. The minimum atomic E-state index is 0.244. The van der Waals surface area contributed by atoms with Crippen molar-refractivity contribution in [2.75, 3.05) is 7.05 Å². The van der Waals surface area contributed by atoms with Crippen LogP contribution in [0.5, 0.6) is 0 Å². The molecule has 0 aliphatic carbocycles. The second kappa shape index (κ2) is 5.63. The van der Waals surface area contributed by atoms with Gasteiger partial charge in [0.15, 0.2) is 0 Å². The van der Waals surface area contributed by atoms with E-state index in [2.05, 4.69) is 69.9 Å². The van der Waals surface area contributed by atoms with Crippen LogP contribution >= 0.6 is 70.5 Å². The average Bonchev–Trinajstić information content (AvgIpc) is 2.78. The normalized spacial score (nSPS) is 13.0. The molecule has 2 rings (SSSR count). The fraction of sp³-hybridized carbons (Fsp3) is 0.200. The Labute approximate surface area is 128 Å². The van der Waals surface area contributed by atoms with E-state index in [1.807, 2.05) is 7.05 Å². The third-order valence-electron chi connectivity index (χ3n) is 2.19. The summed E-state index contributed by atoms with van der Waals surface area (Å²) in [7, 11) is 1.98. The summed E-state index contributed by atoms with van der Waals surface area (Å²) in [5.74, 6) is 0. The molecule has 2 aromatic heterocycles. The average molecular weight is 446 g/mol. The standard InChI is InChI=1S/C10H8Br3NS2/c1-14-9(5-3-15-4-7(5)12)8-2-6(11)10(13)16-8/h2-4,9,14H,1H3. The first-order chi connectivity index (χ1) is 7.63. The Morgan fingerprint density at radius 1 is 1.19 bits per heavy atom. The van der Waals surface area contributed by atoms with Crippen LogP contribution in [0.3, 0.4) is 0 Å². The molecular weight excluding hydrogens is 438 g/mol. The van der Waals surface area contributed by atoms with Crippen LogP contribution in [0.4, 0.5) is 0 Å². The molecule has 0 spiro atoms. The summed E-state index contributed by atoms with van der Waals surface area (Å²) in [6, 6.07) is 2.40. The highest BCUT2D eigenvalue weighted by molar-refractivity contribution is 9.13. The first-order valence-corrected chi connectivity index (χ1v) is 8.61. The maximum absolute atomic E-state index is 3.58. The summed E-state index contributed by atoms with van der Waals surface area (Å²) in [6.07, 6.45) is 0. The van der Waals surface area contributed by atoms with Crippen LogP contribution in [0.15, 0.2) is 29.6 Å². The summed E-state index contributed by atoms with van der Waals surface area (Å²) < 4.78 is 3.41. The van der Waals surface area contributed by atoms with Gasteiger partial charge in [-0.05, 0) is 71.8 Å². The number of rotatable bonds is 3. The molecule has 86 valence electrons. The Morgan fingerprint density at radius 2 is 1.94 bits per heavy atom. The predicted octanol–water partition coefficient (Wildman–Crippen LogP) is 5.41. The zero-order valence-corrected chi connectivity index (χ0v) is 14.7. The van der Waals surface area contributed by atoms with Gasteiger partial charge in [0.25, 0.3) is 0 Å². The van der Waals surface area contributed by atoms with Gasteiger partial charge in [-0.2, -0.15) is 11.3 Å². The lowest BCUT2D eigenvalue weighted by molar-refractivity contribution is 0.703. The van der Waals surface area contributed by atoms with Gasteiger partial charge in [-0.1, -0.05) is 0 Å². The summed E-state index contributed by atoms with van der Waals surface area (Å²) in [5.41, 5.74) is 1.29. The van der Waals surface area contributed by atoms with Crippen molar-refractivity contribution in [1.29, 1.82) is 0 Å². The SMILES string of the molecule is CNC(c1cc(Br)c(Br)s1)c1cscc1Br. The maximum Gasteiger partial charge on any atom is 0.0843 e. The largest absolute Gasteiger partial charge is 0.309 e. The Morgan fingerprint density at radius 3 is 2.38 bits per heavy atom. The zero-order chi connectivity index (χ0) is 11.7. The van der Waals surface area contributed by atoms with Gasteiger partial charge in [-0.25, -0.2) is 0 Å². The van der Waals surface area contributed by atoms with Crippen molar-refractivity contribution in [2.45, 2.75) is 6.04 Å². The Bertz CT molecular complexity index is 472. The molecular formula is C10H8Br3NS2. The van der Waals surface area contributed by atoms with Crippen LogP contribution in [0, 0.1) is 0 Å². The van der Waals surface area contributed by atoms with Gasteiger partial charge in [0.05, 0.1) is 9.83 Å². The first-order valence-electron chi connectivity index (χ1n) is 4.47. The van der Waals surface area contributed by atoms with Crippen molar-refractivity contribution < 1.29 is 0 Å². The van der Waals surface area contributed by atoms with Gasteiger partial charge in [0.1, 0.15) is 0 Å². The van der Waals surface area contributed by atoms with Crippen molar-refractivity contribution in [2.24, 2.45) is 0 Å². The molecule has 2 heterocycles. The topological polar surface area (TPSA) is 12.0 Å². The fourth-order valence-electron chi connectivity index (χ4n) is 1.45. The minimum Gasteiger partial charge on any atom is -0.309 e. The van der Waals surface area contributed by atoms with Gasteiger partial charge in [0.2, 0.25) is 0 Å². The predicted molar refractivity (Wildman–Crippen MR) is 82.6 cm³/mol. The lowest BCUT2D eigenvalue weighted by Crippen LogP contribution is -2.16. The highest BCUT2D eigenvalue weighted by Crippen LogP contribution is 2.39. The molecule has 1 N–H and O–H groups in total. The van der Waals surface area contributed by atoms with Gasteiger partial charge in [-0.3, -0.25) is 0 Å². The van der Waals surface area contributed by atoms with E-state index < -0.39 is 0 Å². The van der Waals surface area contributed by atoms with Crippen molar-refractivity contribution in [3.05, 3.63) is 40.0 Å². The zero-order valence-electron chi connectivity index (χ0n) is 8.26. The smallest absolute Gasteiger partial charge is 0.0843 e. The molecule has 0 aliphatic rings. The molecule has 0 amide bonds. The van der Waals surface area contributed by atoms with E-state index in [0.717, 1.165) is 12.7 Å². The Kier molecular flexibility index (Phi) is 4.66. The molecule has 1 atom stereocenters. The Balaban J connectivity index is 2.40. The van der Waals surface area contributed by atoms with E-state index in [9.17, 15) is 0 Å². The third-order valence-corrected chi connectivity index (χ3v) is 7.26. The van der Waals surface area contributed by atoms with Crippen LogP contribution in [0.2, 0.25) is 0 Å². The van der Waals surface area contributed by atoms with Gasteiger partial charge in [0, 0.05) is 19.2 Å². The molecule has 6 heteroatoms. The van der Waals surface area contributed by atoms with Crippen LogP contribution < -0.4 is 5.32 Å². The van der Waals surface area contributed by atoms with Gasteiger partial charge >= 0.3 is 0 Å². The van der Waals surface area contributed by atoms with Crippen molar-refractivity contribution in [3.63, 3.8) is 0 Å². The summed E-state index contributed by atoms with van der Waals surface area (Å²) >= 11 is 14.1. The second-order valence-corrected chi connectivity index (χ2v) is 8.02. The van der Waals surface area contributed by atoms with Crippen molar-refractivity contribution in [1.82, 2.24) is 5.32 Å². The highest BCUT2D eigenvalue weighted by Gasteiger charge is 2.18. The monoisotopic (exact) mass is 443 g/mol. The third kappa shape index (κ3) is 2.62. The summed E-state index contributed by atoms with van der Waals surface area (Å²) in [6.45, 7) is 0. The number of halogens is 3. The number of hydrogen-bond acceptors (Lipinski definition) is 3. The van der Waals surface area contributed by atoms with E-state index in [1.165, 1.54) is 10.4 Å². The molecule has 0 aliphatic heterocycles. The number of hydrogen-bond donors (Lipinski definition) is 1. The summed E-state index contributed by atoms with van der Waals surface area (Å²) in [4.78, 5) is 1.29. The molecule has 1 unspecified atom stereocenters. The maximum atomic E-state index is 3.58. The summed E-state index contributed by atoms with van der Waals surface area (Å²) in [5, 5.41) is 7.63. The van der Waals surface area contributed by atoms with Crippen LogP contribution in [-0.4, -0.2) is 7.05 Å². The van der Waals surface area contributed by atoms with Crippen LogP contribution in [0.25, 0.3) is 0 Å². The fourth-order valence-corrected chi connectivity index (χ4v) is 5.22. The molecule has 16 heavy (non-hydrogen) atoms. The van der Waals surface area contributed by atoms with Crippen LogP contribution in [-0.2, 0) is 0 Å². The van der Waals surface area contributed by atoms with E-state index in [0.29, 0.717) is 0 Å². The first kappa shape index (κ1) is 13.2. The van der Waals surface area contributed by atoms with Gasteiger partial charge < -0.3 is 5.32 Å². The molecule has 1 nitrogen and oxygen atoms in total. The molecule has 0 bridgehead atoms. The number of nitrogens with one attached hydrogen (secondary N) is 1. The Hall–Kier alpha value is 0.800. The minimum absolute atomic E-state index is 0.244. The number of thiophene rings is 2. The van der Waals surface area contributed by atoms with Crippen molar-refractivity contribution in [3.8, 4) is 0 Å². The van der Waals surface area contributed by atoms with Crippen LogP contribution in [0.1, 0.15) is 16.5 Å². The van der Waals surface area contributed by atoms with Gasteiger partial charge in [-0.15, -0.1) is 11.3 Å². The van der Waals surface area contributed by atoms with E-state index in [1.54, 1.807) is 22.7 Å². The molecule has 0 saturated carbocycles. The lowest BCUT2D eigenvalue weighted by Gasteiger charge is -2.13. The van der Waals surface area contributed by atoms with E-state index in [-0.39, 0.29) is 6.04 Å². The highest BCUT2D eigenvalue weighted by atomic mass is 79.9. The van der Waals surface area contributed by atoms with E-state index in [4.69, 9.17) is 0 Å². The quantitative estimate of drug-likeness (QED) is 0.666. The molecule has 0 fully saturated rings. The molecule has 2 aromatic rings. The van der Waals surface area contributed by atoms with Crippen molar-refractivity contribution >= 4 is 70.5 Å². The molecule has 0 aromatic carbocycles.